The summed E-state index contributed by atoms with van der Waals surface area (Å²) in [5.74, 6) is -0.172. The number of phenolic OH excluding ortho intramolecular Hbond substituents is 1. The molecule has 364 valence electrons. The molecule has 7 rings (SSSR count). The van der Waals surface area contributed by atoms with Crippen molar-refractivity contribution >= 4 is 5.78 Å². The minimum atomic E-state index is -1.57. The van der Waals surface area contributed by atoms with Crippen molar-refractivity contribution in [1.82, 2.24) is 9.55 Å². The summed E-state index contributed by atoms with van der Waals surface area (Å²) in [6.45, 7) is 16.9. The van der Waals surface area contributed by atoms with Crippen LogP contribution in [-0.4, -0.2) is 81.6 Å². The molecule has 13 heteroatoms. The summed E-state index contributed by atoms with van der Waals surface area (Å²) >= 11 is 0. The molecule has 3 heterocycles. The number of carbonyl (C=O) groups is 1. The van der Waals surface area contributed by atoms with E-state index in [1.165, 1.54) is 48.1 Å². The third-order valence-electron chi connectivity index (χ3n) is 15.0. The van der Waals surface area contributed by atoms with Crippen molar-refractivity contribution in [3.63, 3.8) is 0 Å². The van der Waals surface area contributed by atoms with Gasteiger partial charge in [0.05, 0.1) is 30.0 Å². The summed E-state index contributed by atoms with van der Waals surface area (Å²) in [4.78, 5) is 42.2. The van der Waals surface area contributed by atoms with E-state index in [2.05, 4.69) is 51.8 Å². The van der Waals surface area contributed by atoms with Gasteiger partial charge in [-0.1, -0.05) is 88.6 Å². The zero-order valence-corrected chi connectivity index (χ0v) is 40.4. The van der Waals surface area contributed by atoms with Gasteiger partial charge in [0.1, 0.15) is 35.0 Å². The lowest BCUT2D eigenvalue weighted by Crippen LogP contribution is -2.40. The van der Waals surface area contributed by atoms with Crippen LogP contribution < -0.4 is 11.1 Å². The normalized spacial score (nSPS) is 30.7. The number of ether oxygens (including phenoxy) is 1. The number of carbonyl (C=O) groups excluding carboxylic acids is 1. The predicted octanol–water partition coefficient (Wildman–Crippen LogP) is 7.88. The number of rotatable bonds is 11. The Labute approximate surface area is 393 Å². The number of phenols is 1. The number of pyridine rings is 2. The first kappa shape index (κ1) is 51.3. The maximum absolute atomic E-state index is 13.8. The Hall–Kier alpha value is -5.05. The van der Waals surface area contributed by atoms with Crippen LogP contribution >= 0.6 is 0 Å². The first-order valence-electron chi connectivity index (χ1n) is 23.9. The number of hydrogen-bond acceptors (Lipinski definition) is 11. The van der Waals surface area contributed by atoms with Crippen molar-refractivity contribution in [2.45, 2.75) is 136 Å². The van der Waals surface area contributed by atoms with Gasteiger partial charge >= 0.3 is 0 Å². The quantitative estimate of drug-likeness (QED) is 0.0682. The molecule has 2 saturated carbocycles. The Morgan fingerprint density at radius 1 is 0.955 bits per heavy atom. The van der Waals surface area contributed by atoms with E-state index in [4.69, 9.17) is 4.74 Å². The highest BCUT2D eigenvalue weighted by Crippen LogP contribution is 2.50. The fraction of sp³-hybridized carbons (Fsp3) is 0.537. The standard InChI is InChI=1S/C27H41NO7.C27H31NO4/c1-7-13(2)10-14(3)11-16(5)26-15(4)8-9-18(35-26)20-21(29)17(12-28(6)27(20)34)19-22(30)24(32)25(33)23(19)31;1-4-5-20-21-12-15(2)6-11-19(21)16(3)13-22(20)25(30)24-26(31)23(14-28-27(24)32)17-7-9-18(29)10-8-17/h8,11-14,18-19,22-26,29-33H,7,9-10H2,1-6H3;4-5,7-10,13-15,19-22,29H,6,11-12H2,1-3H3,(H2,28,31,32)/b;5-4+/t13-,14+,18-,19?,22-,23+,24-,25+,26+;15?,19-,20-,21+,22-/m11/s1. The SMILES string of the molecule is C/C=C/[C@@H]1[C@H]2CC(C)CC[C@@H]2C(C)=C[C@H]1C(=O)c1c(O)c(-c2ccc(O)cc2)c[nH]c1=O.CC[C@@H](C)C[C@H](C)C=C(C)[C@H]1O[C@@H](c2c(O)c(C3[C@@H](O)[C@@H](O)[C@@H](O)[C@H]3O)cn(C)c2=O)CC=C1C. The van der Waals surface area contributed by atoms with Gasteiger partial charge in [0.2, 0.25) is 0 Å². The van der Waals surface area contributed by atoms with E-state index >= 15 is 0 Å². The van der Waals surface area contributed by atoms with Crippen LogP contribution in [0.5, 0.6) is 17.2 Å². The van der Waals surface area contributed by atoms with Crippen LogP contribution in [0, 0.1) is 41.4 Å². The highest BCUT2D eigenvalue weighted by molar-refractivity contribution is 6.03. The second-order valence-electron chi connectivity index (χ2n) is 20.0. The van der Waals surface area contributed by atoms with Crippen LogP contribution in [0.3, 0.4) is 0 Å². The van der Waals surface area contributed by atoms with Crippen molar-refractivity contribution in [1.29, 1.82) is 0 Å². The number of aromatic amines is 1. The number of aromatic nitrogens is 2. The molecule has 13 nitrogen and oxygen atoms in total. The summed E-state index contributed by atoms with van der Waals surface area (Å²) in [5, 5.41) is 72.6. The number of benzene rings is 1. The minimum absolute atomic E-state index is 0.0000727. The smallest absolute Gasteiger partial charge is 0.262 e. The monoisotopic (exact) mass is 925 g/mol. The highest BCUT2D eigenvalue weighted by atomic mass is 16.5. The van der Waals surface area contributed by atoms with E-state index < -0.39 is 53.5 Å². The summed E-state index contributed by atoms with van der Waals surface area (Å²) < 4.78 is 7.64. The fourth-order valence-electron chi connectivity index (χ4n) is 11.2. The number of aliphatic hydroxyl groups excluding tert-OH is 4. The van der Waals surface area contributed by atoms with Crippen LogP contribution in [0.1, 0.15) is 127 Å². The van der Waals surface area contributed by atoms with Gasteiger partial charge in [-0.05, 0) is 118 Å². The van der Waals surface area contributed by atoms with Gasteiger partial charge in [0.25, 0.3) is 11.1 Å². The summed E-state index contributed by atoms with van der Waals surface area (Å²) in [6, 6.07) is 6.28. The molecule has 2 aromatic heterocycles. The van der Waals surface area contributed by atoms with Crippen molar-refractivity contribution in [2.24, 2.45) is 48.5 Å². The molecule has 0 bridgehead atoms. The zero-order valence-electron chi connectivity index (χ0n) is 40.4. The van der Waals surface area contributed by atoms with Gasteiger partial charge < -0.3 is 50.0 Å². The number of nitrogens with zero attached hydrogens (tertiary/aromatic N) is 1. The van der Waals surface area contributed by atoms with E-state index in [-0.39, 0.29) is 51.7 Å². The van der Waals surface area contributed by atoms with Crippen LogP contribution in [0.4, 0.5) is 0 Å². The first-order chi connectivity index (χ1) is 31.7. The number of H-pyrrole nitrogens is 1. The number of fused-ring (bicyclic) bond motifs is 1. The van der Waals surface area contributed by atoms with Gasteiger partial charge in [0.15, 0.2) is 5.78 Å². The van der Waals surface area contributed by atoms with Crippen molar-refractivity contribution in [3.05, 3.63) is 121 Å². The van der Waals surface area contributed by atoms with E-state index in [0.29, 0.717) is 47.1 Å². The summed E-state index contributed by atoms with van der Waals surface area (Å²) in [6.07, 6.45) is 11.8. The molecule has 1 aromatic carbocycles. The molecule has 8 N–H and O–H groups in total. The van der Waals surface area contributed by atoms with Gasteiger partial charge in [-0.3, -0.25) is 14.4 Å². The number of Topliss-reactive ketones (excluding diaryl/α,β-unsaturated/α-hetero) is 1. The van der Waals surface area contributed by atoms with E-state index in [9.17, 15) is 50.1 Å². The molecule has 3 aliphatic carbocycles. The summed E-state index contributed by atoms with van der Waals surface area (Å²) in [7, 11) is 1.51. The molecule has 0 amide bonds. The summed E-state index contributed by atoms with van der Waals surface area (Å²) in [5.41, 5.74) is 3.15. The molecule has 0 radical (unpaired) electrons. The lowest BCUT2D eigenvalue weighted by atomic mass is 9.59. The zero-order chi connectivity index (χ0) is 49.2. The number of ketones is 1. The van der Waals surface area contributed by atoms with Gasteiger partial charge in [-0.2, -0.15) is 0 Å². The second kappa shape index (κ2) is 21.5. The Bertz CT molecular complexity index is 2480. The Balaban J connectivity index is 0.000000222. The largest absolute Gasteiger partial charge is 0.508 e. The van der Waals surface area contributed by atoms with E-state index in [1.807, 2.05) is 39.0 Å². The Morgan fingerprint density at radius 2 is 1.61 bits per heavy atom. The number of hydrogen-bond donors (Lipinski definition) is 8. The molecule has 3 aromatic rings. The van der Waals surface area contributed by atoms with Crippen LogP contribution in [0.2, 0.25) is 0 Å². The maximum Gasteiger partial charge on any atom is 0.262 e. The lowest BCUT2D eigenvalue weighted by Gasteiger charge is -2.45. The van der Waals surface area contributed by atoms with Gasteiger partial charge in [-0.25, -0.2) is 0 Å². The molecule has 0 spiro atoms. The van der Waals surface area contributed by atoms with Gasteiger partial charge in [0, 0.05) is 42.4 Å². The van der Waals surface area contributed by atoms with E-state index in [0.717, 1.165) is 36.8 Å². The lowest BCUT2D eigenvalue weighted by molar-refractivity contribution is -0.0413. The number of aromatic hydroxyl groups is 3. The fourth-order valence-corrected chi connectivity index (χ4v) is 11.2. The number of allylic oxidation sites excluding steroid dienone is 5. The molecular weight excluding hydrogens is 853 g/mol. The van der Waals surface area contributed by atoms with Crippen LogP contribution in [-0.2, 0) is 11.8 Å². The van der Waals surface area contributed by atoms with Crippen LogP contribution in [0.15, 0.2) is 93.3 Å². The third kappa shape index (κ3) is 10.7. The molecule has 2 fully saturated rings. The molecular formula is C54H72N2O11. The molecule has 4 aliphatic rings. The number of aryl methyl sites for hydroxylation is 1. The third-order valence-corrected chi connectivity index (χ3v) is 15.0. The molecule has 0 saturated heterocycles. The molecule has 2 unspecified atom stereocenters. The highest BCUT2D eigenvalue weighted by Gasteiger charge is 2.50. The average Bonchev–Trinajstić information content (AvgIpc) is 3.47. The Kier molecular flexibility index (Phi) is 16.5. The minimum Gasteiger partial charge on any atom is -0.508 e. The topological polar surface area (TPSA) is 223 Å². The van der Waals surface area contributed by atoms with Crippen LogP contribution in [0.25, 0.3) is 11.1 Å². The average molecular weight is 925 g/mol. The molecule has 1 aliphatic heterocycles. The predicted molar refractivity (Wildman–Crippen MR) is 259 cm³/mol. The number of nitrogens with one attached hydrogen (secondary N) is 1. The van der Waals surface area contributed by atoms with Crippen molar-refractivity contribution < 1.29 is 45.3 Å². The number of aliphatic hydroxyl groups is 4. The van der Waals surface area contributed by atoms with Crippen molar-refractivity contribution in [3.8, 4) is 28.4 Å². The van der Waals surface area contributed by atoms with Gasteiger partial charge in [-0.15, -0.1) is 0 Å². The van der Waals surface area contributed by atoms with E-state index in [1.54, 1.807) is 12.1 Å². The first-order valence-corrected chi connectivity index (χ1v) is 23.9. The Morgan fingerprint density at radius 3 is 2.24 bits per heavy atom. The second-order valence-corrected chi connectivity index (χ2v) is 20.0. The molecule has 14 atom stereocenters. The maximum atomic E-state index is 13.8. The molecule has 67 heavy (non-hydrogen) atoms. The van der Waals surface area contributed by atoms with Crippen molar-refractivity contribution in [2.75, 3.05) is 0 Å².